The van der Waals surface area contributed by atoms with Crippen molar-refractivity contribution in [1.82, 2.24) is 10.2 Å². The van der Waals surface area contributed by atoms with Gasteiger partial charge < -0.3 is 20.7 Å². The lowest BCUT2D eigenvalue weighted by Crippen LogP contribution is -2.35. The molecule has 1 aromatic carbocycles. The zero-order valence-corrected chi connectivity index (χ0v) is 11.1. The van der Waals surface area contributed by atoms with E-state index in [9.17, 15) is 4.79 Å². The maximum atomic E-state index is 11.6. The molecule has 3 N–H and O–H groups in total. The molecule has 1 aliphatic rings. The number of hydrogen-bond donors (Lipinski definition) is 2. The van der Waals surface area contributed by atoms with E-state index in [0.717, 1.165) is 19.6 Å². The van der Waals surface area contributed by atoms with Gasteiger partial charge in [-0.15, -0.1) is 0 Å². The number of ether oxygens (including phenoxy) is 1. The van der Waals surface area contributed by atoms with Gasteiger partial charge in [0.15, 0.2) is 6.61 Å². The van der Waals surface area contributed by atoms with Crippen molar-refractivity contribution in [2.24, 2.45) is 0 Å². The molecule has 1 fully saturated rings. The molecule has 1 amide bonds. The standard InChI is InChI=1S/C14H21N3O2/c15-12-3-5-13(6-4-12)19-11-14(18)16-7-10-17-8-1-2-9-17/h3-6H,1-2,7-11,15H2,(H,16,18). The molecule has 2 rings (SSSR count). The normalized spacial score (nSPS) is 15.4. The highest BCUT2D eigenvalue weighted by atomic mass is 16.5. The number of carbonyl (C=O) groups excluding carboxylic acids is 1. The Morgan fingerprint density at radius 3 is 2.63 bits per heavy atom. The van der Waals surface area contributed by atoms with Gasteiger partial charge in [-0.25, -0.2) is 0 Å². The quantitative estimate of drug-likeness (QED) is 0.747. The number of anilines is 1. The number of likely N-dealkylation sites (tertiary alicyclic amines) is 1. The Bertz CT molecular complexity index is 400. The molecule has 1 saturated heterocycles. The van der Waals surface area contributed by atoms with Crippen LogP contribution in [0, 0.1) is 0 Å². The SMILES string of the molecule is Nc1ccc(OCC(=O)NCCN2CCCC2)cc1. The number of nitrogens with zero attached hydrogens (tertiary/aromatic N) is 1. The van der Waals surface area contributed by atoms with Gasteiger partial charge in [0, 0.05) is 18.8 Å². The van der Waals surface area contributed by atoms with E-state index < -0.39 is 0 Å². The predicted molar refractivity (Wildman–Crippen MR) is 75.0 cm³/mol. The summed E-state index contributed by atoms with van der Waals surface area (Å²) in [4.78, 5) is 13.9. The van der Waals surface area contributed by atoms with Crippen LogP contribution in [0.15, 0.2) is 24.3 Å². The molecule has 5 heteroatoms. The monoisotopic (exact) mass is 263 g/mol. The van der Waals surface area contributed by atoms with Crippen LogP contribution in [0.3, 0.4) is 0 Å². The molecule has 5 nitrogen and oxygen atoms in total. The van der Waals surface area contributed by atoms with Gasteiger partial charge >= 0.3 is 0 Å². The predicted octanol–water partition coefficient (Wildman–Crippen LogP) is 0.860. The van der Waals surface area contributed by atoms with Crippen molar-refractivity contribution in [3.8, 4) is 5.75 Å². The van der Waals surface area contributed by atoms with E-state index in [-0.39, 0.29) is 12.5 Å². The highest BCUT2D eigenvalue weighted by Crippen LogP contribution is 2.12. The molecule has 0 aromatic heterocycles. The van der Waals surface area contributed by atoms with E-state index in [0.29, 0.717) is 18.0 Å². The zero-order chi connectivity index (χ0) is 13.5. The van der Waals surface area contributed by atoms with Gasteiger partial charge in [-0.2, -0.15) is 0 Å². The maximum absolute atomic E-state index is 11.6. The first kappa shape index (κ1) is 13.7. The van der Waals surface area contributed by atoms with Crippen LogP contribution < -0.4 is 15.8 Å². The zero-order valence-electron chi connectivity index (χ0n) is 11.1. The summed E-state index contributed by atoms with van der Waals surface area (Å²) in [7, 11) is 0. The molecule has 0 radical (unpaired) electrons. The molecule has 104 valence electrons. The molecule has 0 bridgehead atoms. The number of amides is 1. The molecule has 0 aliphatic carbocycles. The molecule has 1 aromatic rings. The Labute approximate surface area is 113 Å². The van der Waals surface area contributed by atoms with Gasteiger partial charge in [0.2, 0.25) is 0 Å². The fourth-order valence-electron chi connectivity index (χ4n) is 2.12. The van der Waals surface area contributed by atoms with Crippen LogP contribution >= 0.6 is 0 Å². The summed E-state index contributed by atoms with van der Waals surface area (Å²) in [6.45, 7) is 3.96. The van der Waals surface area contributed by atoms with Crippen molar-refractivity contribution in [3.63, 3.8) is 0 Å². The molecule has 0 spiro atoms. The minimum atomic E-state index is -0.0870. The van der Waals surface area contributed by atoms with E-state index >= 15 is 0 Å². The average molecular weight is 263 g/mol. The number of rotatable bonds is 6. The Hall–Kier alpha value is -1.75. The van der Waals surface area contributed by atoms with Crippen LogP contribution in [-0.4, -0.2) is 43.6 Å². The summed E-state index contributed by atoms with van der Waals surface area (Å²) >= 11 is 0. The first-order valence-electron chi connectivity index (χ1n) is 6.71. The van der Waals surface area contributed by atoms with Gasteiger partial charge in [0.25, 0.3) is 5.91 Å². The Morgan fingerprint density at radius 1 is 1.26 bits per heavy atom. The molecule has 0 atom stereocenters. The minimum Gasteiger partial charge on any atom is -0.484 e. The Morgan fingerprint density at radius 2 is 1.95 bits per heavy atom. The van der Waals surface area contributed by atoms with Crippen LogP contribution in [-0.2, 0) is 4.79 Å². The number of benzene rings is 1. The number of hydrogen-bond acceptors (Lipinski definition) is 4. The van der Waals surface area contributed by atoms with Crippen molar-refractivity contribution < 1.29 is 9.53 Å². The second-order valence-electron chi connectivity index (χ2n) is 4.76. The van der Waals surface area contributed by atoms with E-state index in [1.54, 1.807) is 24.3 Å². The minimum absolute atomic E-state index is 0.0456. The summed E-state index contributed by atoms with van der Waals surface area (Å²) in [5.41, 5.74) is 6.25. The highest BCUT2D eigenvalue weighted by Gasteiger charge is 2.11. The molecule has 0 saturated carbocycles. The van der Waals surface area contributed by atoms with Crippen LogP contribution in [0.2, 0.25) is 0 Å². The molecule has 19 heavy (non-hydrogen) atoms. The van der Waals surface area contributed by atoms with Gasteiger partial charge in [-0.1, -0.05) is 0 Å². The summed E-state index contributed by atoms with van der Waals surface area (Å²) < 4.78 is 5.36. The molecule has 0 unspecified atom stereocenters. The lowest BCUT2D eigenvalue weighted by Gasteiger charge is -2.14. The van der Waals surface area contributed by atoms with Crippen LogP contribution in [0.1, 0.15) is 12.8 Å². The number of nitrogen functional groups attached to an aromatic ring is 1. The maximum Gasteiger partial charge on any atom is 0.257 e. The smallest absolute Gasteiger partial charge is 0.257 e. The van der Waals surface area contributed by atoms with Crippen molar-refractivity contribution in [1.29, 1.82) is 0 Å². The average Bonchev–Trinajstić information content (AvgIpc) is 2.91. The topological polar surface area (TPSA) is 67.6 Å². The fraction of sp³-hybridized carbons (Fsp3) is 0.500. The molecular weight excluding hydrogens is 242 g/mol. The van der Waals surface area contributed by atoms with Gasteiger partial charge in [0.1, 0.15) is 5.75 Å². The van der Waals surface area contributed by atoms with Crippen molar-refractivity contribution in [2.75, 3.05) is 38.5 Å². The third-order valence-corrected chi connectivity index (χ3v) is 3.20. The third kappa shape index (κ3) is 4.79. The first-order chi connectivity index (χ1) is 9.24. The van der Waals surface area contributed by atoms with E-state index in [4.69, 9.17) is 10.5 Å². The van der Waals surface area contributed by atoms with Crippen molar-refractivity contribution >= 4 is 11.6 Å². The van der Waals surface area contributed by atoms with Crippen LogP contribution in [0.25, 0.3) is 0 Å². The number of nitrogens with two attached hydrogens (primary N) is 1. The Balaban J connectivity index is 1.60. The number of carbonyl (C=O) groups is 1. The highest BCUT2D eigenvalue weighted by molar-refractivity contribution is 5.77. The number of nitrogens with one attached hydrogen (secondary N) is 1. The summed E-state index contributed by atoms with van der Waals surface area (Å²) in [5, 5.41) is 2.86. The van der Waals surface area contributed by atoms with Gasteiger partial charge in [-0.05, 0) is 50.2 Å². The fourth-order valence-corrected chi connectivity index (χ4v) is 2.12. The largest absolute Gasteiger partial charge is 0.484 e. The summed E-state index contributed by atoms with van der Waals surface area (Å²) in [6, 6.07) is 7.01. The lowest BCUT2D eigenvalue weighted by atomic mass is 10.3. The first-order valence-corrected chi connectivity index (χ1v) is 6.71. The van der Waals surface area contributed by atoms with Crippen LogP contribution in [0.5, 0.6) is 5.75 Å². The lowest BCUT2D eigenvalue weighted by molar-refractivity contribution is -0.123. The Kier molecular flexibility index (Phi) is 5.03. The van der Waals surface area contributed by atoms with Crippen LogP contribution in [0.4, 0.5) is 5.69 Å². The van der Waals surface area contributed by atoms with Gasteiger partial charge in [0.05, 0.1) is 0 Å². The summed E-state index contributed by atoms with van der Waals surface area (Å²) in [5.74, 6) is 0.569. The molecule has 1 heterocycles. The summed E-state index contributed by atoms with van der Waals surface area (Å²) in [6.07, 6.45) is 2.54. The van der Waals surface area contributed by atoms with E-state index in [1.807, 2.05) is 0 Å². The van der Waals surface area contributed by atoms with E-state index in [2.05, 4.69) is 10.2 Å². The van der Waals surface area contributed by atoms with Gasteiger partial charge in [-0.3, -0.25) is 4.79 Å². The second-order valence-corrected chi connectivity index (χ2v) is 4.76. The molecule has 1 aliphatic heterocycles. The van der Waals surface area contributed by atoms with Crippen molar-refractivity contribution in [3.05, 3.63) is 24.3 Å². The van der Waals surface area contributed by atoms with Crippen molar-refractivity contribution in [2.45, 2.75) is 12.8 Å². The second kappa shape index (κ2) is 6.99. The third-order valence-electron chi connectivity index (χ3n) is 3.20. The molecular formula is C14H21N3O2. The van der Waals surface area contributed by atoms with E-state index in [1.165, 1.54) is 12.8 Å².